The molecule has 1 unspecified atom stereocenters. The molecule has 3 saturated heterocycles. The molecule has 0 radical (unpaired) electrons. The third kappa shape index (κ3) is 3.58. The smallest absolute Gasteiger partial charge is 0.307 e. The van der Waals surface area contributed by atoms with Gasteiger partial charge in [-0.1, -0.05) is 6.92 Å². The number of Topliss-reactive ketones (excluding diaryl/α,β-unsaturated/α-hetero) is 1. The van der Waals surface area contributed by atoms with Crippen molar-refractivity contribution in [2.75, 3.05) is 45.0 Å². The Bertz CT molecular complexity index is 646. The minimum absolute atomic E-state index is 0.00546. The zero-order valence-corrected chi connectivity index (χ0v) is 14.5. The van der Waals surface area contributed by atoms with Gasteiger partial charge in [0.25, 0.3) is 0 Å². The molecule has 0 saturated carbocycles. The van der Waals surface area contributed by atoms with Gasteiger partial charge in [0.15, 0.2) is 0 Å². The van der Waals surface area contributed by atoms with Crippen molar-refractivity contribution in [3.05, 3.63) is 23.2 Å². The van der Waals surface area contributed by atoms with Gasteiger partial charge in [-0.2, -0.15) is 12.6 Å². The van der Waals surface area contributed by atoms with E-state index in [1.807, 2.05) is 14.7 Å². The van der Waals surface area contributed by atoms with Gasteiger partial charge >= 0.3 is 5.97 Å². The molecular weight excluding hydrogens is 330 g/mol. The van der Waals surface area contributed by atoms with Gasteiger partial charge in [0.2, 0.25) is 11.6 Å². The van der Waals surface area contributed by atoms with Gasteiger partial charge in [-0.15, -0.1) is 0 Å². The molecule has 24 heavy (non-hydrogen) atoms. The predicted molar refractivity (Wildman–Crippen MR) is 90.5 cm³/mol. The monoisotopic (exact) mass is 351 g/mol. The number of carboxylic acids is 1. The Morgan fingerprint density at radius 2 is 1.58 bits per heavy atom. The van der Waals surface area contributed by atoms with Crippen LogP contribution in [0.5, 0.6) is 0 Å². The van der Waals surface area contributed by atoms with Crippen molar-refractivity contribution < 1.29 is 19.5 Å². The third-order valence-corrected chi connectivity index (χ3v) is 4.73. The molecule has 7 nitrogen and oxygen atoms in total. The SMILES string of the molecule is CC(CS)C(=O)O.O=C1C=C(N2CC2)C(=O)C(N2CC2)=C1N1CC1. The number of thiol groups is 1. The average Bonchev–Trinajstić information content (AvgIpc) is 3.41. The minimum atomic E-state index is -0.782. The van der Waals surface area contributed by atoms with E-state index in [-0.39, 0.29) is 17.5 Å². The fourth-order valence-electron chi connectivity index (χ4n) is 2.35. The Hall–Kier alpha value is -1.96. The zero-order chi connectivity index (χ0) is 17.4. The second kappa shape index (κ2) is 6.51. The number of carbonyl (C=O) groups excluding carboxylic acids is 2. The standard InChI is InChI=1S/C12H13N3O2.C4H8O2S/c16-9-7-8(13-1-2-13)12(17)11(15-5-6-15)10(9)14-3-4-14;1-3(2-7)4(5)6/h7H,1-6H2;3,7H,2H2,1H3,(H,5,6). The molecule has 0 aromatic carbocycles. The molecule has 4 aliphatic rings. The highest BCUT2D eigenvalue weighted by Crippen LogP contribution is 2.33. The Kier molecular flexibility index (Phi) is 4.58. The van der Waals surface area contributed by atoms with E-state index in [1.165, 1.54) is 6.08 Å². The van der Waals surface area contributed by atoms with E-state index < -0.39 is 5.97 Å². The molecule has 1 N–H and O–H groups in total. The highest BCUT2D eigenvalue weighted by atomic mass is 32.1. The van der Waals surface area contributed by atoms with Gasteiger partial charge in [0.05, 0.1) is 11.6 Å². The third-order valence-electron chi connectivity index (χ3n) is 4.18. The summed E-state index contributed by atoms with van der Waals surface area (Å²) in [6, 6.07) is 0. The summed E-state index contributed by atoms with van der Waals surface area (Å²) < 4.78 is 0. The highest BCUT2D eigenvalue weighted by molar-refractivity contribution is 7.80. The molecule has 3 heterocycles. The van der Waals surface area contributed by atoms with E-state index in [0.29, 0.717) is 22.8 Å². The van der Waals surface area contributed by atoms with Crippen molar-refractivity contribution in [2.24, 2.45) is 5.92 Å². The van der Waals surface area contributed by atoms with Crippen molar-refractivity contribution in [3.8, 4) is 0 Å². The number of rotatable bonds is 5. The van der Waals surface area contributed by atoms with E-state index in [0.717, 1.165) is 39.3 Å². The highest BCUT2D eigenvalue weighted by Gasteiger charge is 2.43. The Morgan fingerprint density at radius 1 is 1.08 bits per heavy atom. The zero-order valence-electron chi connectivity index (χ0n) is 13.6. The van der Waals surface area contributed by atoms with Crippen LogP contribution in [0.4, 0.5) is 0 Å². The molecule has 130 valence electrons. The molecule has 0 aromatic rings. The van der Waals surface area contributed by atoms with Gasteiger partial charge in [-0.05, 0) is 0 Å². The lowest BCUT2D eigenvalue weighted by Crippen LogP contribution is -2.29. The van der Waals surface area contributed by atoms with Crippen molar-refractivity contribution >= 4 is 30.2 Å². The first-order valence-corrected chi connectivity index (χ1v) is 8.70. The first kappa shape index (κ1) is 16.9. The van der Waals surface area contributed by atoms with Crippen LogP contribution in [0.3, 0.4) is 0 Å². The molecule has 1 atom stereocenters. The van der Waals surface area contributed by atoms with Crippen LogP contribution < -0.4 is 0 Å². The van der Waals surface area contributed by atoms with Crippen molar-refractivity contribution in [1.29, 1.82) is 0 Å². The first-order chi connectivity index (χ1) is 11.4. The second-order valence-electron chi connectivity index (χ2n) is 6.30. The molecule has 0 bridgehead atoms. The molecule has 8 heteroatoms. The maximum atomic E-state index is 12.4. The Morgan fingerprint density at radius 3 is 1.96 bits per heavy atom. The fraction of sp³-hybridized carbons (Fsp3) is 0.562. The molecule has 0 amide bonds. The maximum Gasteiger partial charge on any atom is 0.307 e. The number of allylic oxidation sites excluding steroid dienone is 1. The molecule has 3 aliphatic heterocycles. The Labute approximate surface area is 146 Å². The normalized spacial score (nSPS) is 22.8. The summed E-state index contributed by atoms with van der Waals surface area (Å²) in [4.78, 5) is 40.3. The summed E-state index contributed by atoms with van der Waals surface area (Å²) in [6.07, 6.45) is 1.52. The van der Waals surface area contributed by atoms with E-state index in [4.69, 9.17) is 5.11 Å². The number of carbonyl (C=O) groups is 3. The quantitative estimate of drug-likeness (QED) is 0.404. The molecule has 1 aliphatic carbocycles. The number of hydrogen-bond donors (Lipinski definition) is 2. The summed E-state index contributed by atoms with van der Waals surface area (Å²) in [5, 5.41) is 8.13. The number of nitrogens with zero attached hydrogens (tertiary/aromatic N) is 3. The lowest BCUT2D eigenvalue weighted by atomic mass is 10.0. The maximum absolute atomic E-state index is 12.4. The average molecular weight is 351 g/mol. The number of aliphatic carboxylic acids is 1. The van der Waals surface area contributed by atoms with E-state index >= 15 is 0 Å². The van der Waals surface area contributed by atoms with E-state index in [1.54, 1.807) is 6.92 Å². The van der Waals surface area contributed by atoms with Crippen LogP contribution in [0.25, 0.3) is 0 Å². The lowest BCUT2D eigenvalue weighted by Gasteiger charge is -2.21. The van der Waals surface area contributed by atoms with Crippen molar-refractivity contribution in [2.45, 2.75) is 6.92 Å². The van der Waals surface area contributed by atoms with Crippen LogP contribution in [0.15, 0.2) is 23.2 Å². The lowest BCUT2D eigenvalue weighted by molar-refractivity contribution is -0.140. The predicted octanol–water partition coefficient (Wildman–Crippen LogP) is -0.183. The molecule has 4 rings (SSSR count). The minimum Gasteiger partial charge on any atom is -0.481 e. The topological polar surface area (TPSA) is 80.5 Å². The van der Waals surface area contributed by atoms with Crippen molar-refractivity contribution in [1.82, 2.24) is 14.7 Å². The van der Waals surface area contributed by atoms with Crippen LogP contribution in [0, 0.1) is 5.92 Å². The van der Waals surface area contributed by atoms with E-state index in [9.17, 15) is 14.4 Å². The number of hydrogen-bond acceptors (Lipinski definition) is 7. The fourth-order valence-corrected chi connectivity index (χ4v) is 2.51. The van der Waals surface area contributed by atoms with E-state index in [2.05, 4.69) is 12.6 Å². The van der Waals surface area contributed by atoms with Gasteiger partial charge in [-0.3, -0.25) is 14.4 Å². The summed E-state index contributed by atoms with van der Waals surface area (Å²) in [7, 11) is 0. The second-order valence-corrected chi connectivity index (χ2v) is 6.67. The summed E-state index contributed by atoms with van der Waals surface area (Å²) >= 11 is 3.77. The molecular formula is C16H21N3O4S. The van der Waals surface area contributed by atoms with Gasteiger partial charge < -0.3 is 19.8 Å². The molecule has 3 fully saturated rings. The Balaban J connectivity index is 0.000000209. The van der Waals surface area contributed by atoms with Gasteiger partial charge in [0, 0.05) is 51.1 Å². The van der Waals surface area contributed by atoms with Crippen LogP contribution in [-0.2, 0) is 14.4 Å². The van der Waals surface area contributed by atoms with Gasteiger partial charge in [0.1, 0.15) is 11.4 Å². The number of carboxylic acid groups (broad SMARTS) is 1. The van der Waals surface area contributed by atoms with Crippen LogP contribution in [0.2, 0.25) is 0 Å². The van der Waals surface area contributed by atoms with Gasteiger partial charge in [-0.25, -0.2) is 0 Å². The van der Waals surface area contributed by atoms with Crippen LogP contribution >= 0.6 is 12.6 Å². The largest absolute Gasteiger partial charge is 0.481 e. The summed E-state index contributed by atoms with van der Waals surface area (Å²) in [5.74, 6) is -0.638. The first-order valence-electron chi connectivity index (χ1n) is 8.07. The van der Waals surface area contributed by atoms with Crippen LogP contribution in [0.1, 0.15) is 6.92 Å². The van der Waals surface area contributed by atoms with Crippen LogP contribution in [-0.4, -0.2) is 82.4 Å². The molecule has 0 spiro atoms. The number of ketones is 2. The van der Waals surface area contributed by atoms with Crippen molar-refractivity contribution in [3.63, 3.8) is 0 Å². The summed E-state index contributed by atoms with van der Waals surface area (Å²) in [6.45, 7) is 7.03. The molecule has 0 aromatic heterocycles. The summed E-state index contributed by atoms with van der Waals surface area (Å²) in [5.41, 5.74) is 1.89.